The van der Waals surface area contributed by atoms with E-state index in [1.165, 1.54) is 3.57 Å². The summed E-state index contributed by atoms with van der Waals surface area (Å²) in [4.78, 5) is 0. The van der Waals surface area contributed by atoms with E-state index >= 15 is 0 Å². The Morgan fingerprint density at radius 2 is 1.89 bits per heavy atom. The van der Waals surface area contributed by atoms with Crippen LogP contribution in [-0.4, -0.2) is 0 Å². The lowest BCUT2D eigenvalue weighted by molar-refractivity contribution is 1.14. The van der Waals surface area contributed by atoms with E-state index in [0.29, 0.717) is 6.54 Å². The van der Waals surface area contributed by atoms with Gasteiger partial charge in [0.15, 0.2) is 0 Å². The van der Waals surface area contributed by atoms with Gasteiger partial charge in [-0.3, -0.25) is 0 Å². The highest BCUT2D eigenvalue weighted by Gasteiger charge is 2.02. The molecule has 0 heterocycles. The third kappa shape index (κ3) is 3.85. The maximum Gasteiger partial charge on any atom is 0.0456 e. The number of hydrogen-bond donors (Lipinski definition) is 1. The molecule has 0 aliphatic rings. The molecule has 5 heteroatoms. The van der Waals surface area contributed by atoms with E-state index < -0.39 is 0 Å². The number of rotatable bonds is 3. The summed E-state index contributed by atoms with van der Waals surface area (Å²) in [6.45, 7) is 0.704. The van der Waals surface area contributed by atoms with E-state index in [4.69, 9.17) is 11.6 Å². The molecule has 0 amide bonds. The molecule has 1 N–H and O–H groups in total. The van der Waals surface area contributed by atoms with Crippen LogP contribution in [0.5, 0.6) is 0 Å². The molecule has 2 aromatic carbocycles. The molecule has 0 aliphatic heterocycles. The van der Waals surface area contributed by atoms with Gasteiger partial charge in [-0.15, -0.1) is 0 Å². The molecule has 0 bridgehead atoms. The van der Waals surface area contributed by atoms with Gasteiger partial charge in [0.25, 0.3) is 0 Å². The van der Waals surface area contributed by atoms with E-state index in [1.54, 1.807) is 0 Å². The van der Waals surface area contributed by atoms with E-state index in [-0.39, 0.29) is 0 Å². The van der Waals surface area contributed by atoms with Crippen LogP contribution in [0.4, 0.5) is 5.69 Å². The highest BCUT2D eigenvalue weighted by atomic mass is 127. The lowest BCUT2D eigenvalue weighted by atomic mass is 10.2. The van der Waals surface area contributed by atoms with Crippen molar-refractivity contribution in [3.63, 3.8) is 0 Å². The maximum absolute atomic E-state index is 6.15. The van der Waals surface area contributed by atoms with E-state index in [1.807, 2.05) is 30.3 Å². The second kappa shape index (κ2) is 6.59. The van der Waals surface area contributed by atoms with Crippen LogP contribution in [0.2, 0.25) is 5.02 Å². The molecule has 0 unspecified atom stereocenters. The number of hydrogen-bond acceptors (Lipinski definition) is 1. The minimum absolute atomic E-state index is 0.704. The summed E-state index contributed by atoms with van der Waals surface area (Å²) in [7, 11) is 0. The Kier molecular flexibility index (Phi) is 5.35. The first-order chi connectivity index (χ1) is 8.56. The molecule has 1 nitrogen and oxygen atoms in total. The van der Waals surface area contributed by atoms with Crippen LogP contribution in [0, 0.1) is 3.57 Å². The minimum atomic E-state index is 0.704. The van der Waals surface area contributed by atoms with E-state index in [0.717, 1.165) is 25.2 Å². The Hall–Kier alpha value is 0.220. The van der Waals surface area contributed by atoms with E-state index in [2.05, 4.69) is 65.8 Å². The second-order valence-electron chi connectivity index (χ2n) is 3.72. The molecule has 0 aromatic heterocycles. The van der Waals surface area contributed by atoms with Gasteiger partial charge in [-0.05, 0) is 80.5 Å². The van der Waals surface area contributed by atoms with Gasteiger partial charge in [-0.2, -0.15) is 0 Å². The summed E-state index contributed by atoms with van der Waals surface area (Å²) in [6.07, 6.45) is 0. The van der Waals surface area contributed by atoms with Crippen LogP contribution in [0.1, 0.15) is 5.56 Å². The summed E-state index contributed by atoms with van der Waals surface area (Å²) in [5, 5.41) is 4.14. The first-order valence-electron chi connectivity index (χ1n) is 5.19. The minimum Gasteiger partial charge on any atom is -0.381 e. The zero-order chi connectivity index (χ0) is 13.1. The zero-order valence-electron chi connectivity index (χ0n) is 9.18. The summed E-state index contributed by atoms with van der Waals surface area (Å²) in [6, 6.07) is 12.0. The molecule has 0 saturated heterocycles. The van der Waals surface area contributed by atoms with Gasteiger partial charge in [0, 0.05) is 29.8 Å². The van der Waals surface area contributed by atoms with Crippen molar-refractivity contribution in [1.82, 2.24) is 0 Å². The Labute approximate surface area is 142 Å². The number of nitrogens with one attached hydrogen (secondary N) is 1. The molecule has 0 saturated carbocycles. The molecule has 2 rings (SSSR count). The summed E-state index contributed by atoms with van der Waals surface area (Å²) in [5.74, 6) is 0. The largest absolute Gasteiger partial charge is 0.381 e. The highest BCUT2D eigenvalue weighted by molar-refractivity contribution is 14.1. The Morgan fingerprint density at radius 1 is 1.11 bits per heavy atom. The number of halogens is 4. The fraction of sp³-hybridized carbons (Fsp3) is 0.0769. The van der Waals surface area contributed by atoms with Crippen molar-refractivity contribution in [3.8, 4) is 0 Å². The molecule has 94 valence electrons. The predicted molar refractivity (Wildman–Crippen MR) is 93.3 cm³/mol. The van der Waals surface area contributed by atoms with Gasteiger partial charge >= 0.3 is 0 Å². The molecule has 0 spiro atoms. The lowest BCUT2D eigenvalue weighted by Gasteiger charge is -2.09. The van der Waals surface area contributed by atoms with Crippen LogP contribution in [0.3, 0.4) is 0 Å². The molecule has 0 radical (unpaired) electrons. The van der Waals surface area contributed by atoms with Gasteiger partial charge in [-0.25, -0.2) is 0 Å². The van der Waals surface area contributed by atoms with Crippen LogP contribution >= 0.6 is 66.1 Å². The van der Waals surface area contributed by atoms with Gasteiger partial charge in [0.1, 0.15) is 0 Å². The predicted octanol–water partition coefficient (Wildman–Crippen LogP) is 6.08. The van der Waals surface area contributed by atoms with Crippen LogP contribution in [0.25, 0.3) is 0 Å². The molecule has 2 aromatic rings. The van der Waals surface area contributed by atoms with Crippen molar-refractivity contribution < 1.29 is 0 Å². The van der Waals surface area contributed by atoms with Crippen molar-refractivity contribution in [1.29, 1.82) is 0 Å². The SMILES string of the molecule is Clc1ccc(Br)cc1CNc1ccc(Br)c(I)c1. The topological polar surface area (TPSA) is 12.0 Å². The van der Waals surface area contributed by atoms with Gasteiger partial charge in [-0.1, -0.05) is 27.5 Å². The second-order valence-corrected chi connectivity index (χ2v) is 7.06. The molecule has 0 atom stereocenters. The van der Waals surface area contributed by atoms with Crippen LogP contribution in [-0.2, 0) is 6.54 Å². The van der Waals surface area contributed by atoms with Gasteiger partial charge < -0.3 is 5.32 Å². The fourth-order valence-electron chi connectivity index (χ4n) is 1.48. The average molecular weight is 501 g/mol. The van der Waals surface area contributed by atoms with E-state index in [9.17, 15) is 0 Å². The van der Waals surface area contributed by atoms with Gasteiger partial charge in [0.2, 0.25) is 0 Å². The molecule has 18 heavy (non-hydrogen) atoms. The van der Waals surface area contributed by atoms with Crippen LogP contribution < -0.4 is 5.32 Å². The summed E-state index contributed by atoms with van der Waals surface area (Å²) < 4.78 is 3.32. The molecular weight excluding hydrogens is 492 g/mol. The molecular formula is C13H9Br2ClIN. The van der Waals surface area contributed by atoms with Crippen molar-refractivity contribution in [2.75, 3.05) is 5.32 Å². The monoisotopic (exact) mass is 499 g/mol. The first kappa shape index (κ1) is 14.6. The Balaban J connectivity index is 2.11. The lowest BCUT2D eigenvalue weighted by Crippen LogP contribution is -2.00. The van der Waals surface area contributed by atoms with Crippen molar-refractivity contribution in [2.24, 2.45) is 0 Å². The zero-order valence-corrected chi connectivity index (χ0v) is 15.3. The standard InChI is InChI=1S/C13H9Br2ClIN/c14-9-1-4-12(16)8(5-9)7-18-10-2-3-11(15)13(17)6-10/h1-6,18H,7H2. The summed E-state index contributed by atoms with van der Waals surface area (Å²) in [5.41, 5.74) is 2.16. The first-order valence-corrected chi connectivity index (χ1v) is 8.23. The van der Waals surface area contributed by atoms with Crippen molar-refractivity contribution in [2.45, 2.75) is 6.54 Å². The fourth-order valence-corrected chi connectivity index (χ4v) is 2.84. The maximum atomic E-state index is 6.15. The van der Waals surface area contributed by atoms with Gasteiger partial charge in [0.05, 0.1) is 0 Å². The Morgan fingerprint density at radius 3 is 2.61 bits per heavy atom. The normalized spacial score (nSPS) is 10.4. The quantitative estimate of drug-likeness (QED) is 0.503. The third-order valence-corrected chi connectivity index (χ3v) is 5.60. The number of anilines is 1. The van der Waals surface area contributed by atoms with Crippen molar-refractivity contribution >= 4 is 71.7 Å². The molecule has 0 aliphatic carbocycles. The highest BCUT2D eigenvalue weighted by Crippen LogP contribution is 2.25. The summed E-state index contributed by atoms with van der Waals surface area (Å²) >= 11 is 15.4. The average Bonchev–Trinajstić information content (AvgIpc) is 2.34. The Bertz CT molecular complexity index is 575. The van der Waals surface area contributed by atoms with Crippen molar-refractivity contribution in [3.05, 3.63) is 59.5 Å². The van der Waals surface area contributed by atoms with Crippen LogP contribution in [0.15, 0.2) is 45.3 Å². The third-order valence-electron chi connectivity index (χ3n) is 2.41. The smallest absolute Gasteiger partial charge is 0.0456 e. The number of benzene rings is 2. The molecule has 0 fully saturated rings.